The summed E-state index contributed by atoms with van der Waals surface area (Å²) in [5, 5.41) is 22.8. The van der Waals surface area contributed by atoms with Gasteiger partial charge in [-0.3, -0.25) is 10.1 Å². The average Bonchev–Trinajstić information content (AvgIpc) is 2.57. The van der Waals surface area contributed by atoms with Crippen LogP contribution in [0, 0.1) is 10.1 Å². The molecule has 0 aromatic heterocycles. The highest BCUT2D eigenvalue weighted by Crippen LogP contribution is 2.37. The second kappa shape index (κ2) is 7.83. The van der Waals surface area contributed by atoms with Crippen molar-refractivity contribution in [2.45, 2.75) is 6.18 Å². The molecule has 0 aliphatic carbocycles. The maximum atomic E-state index is 12.7. The molecule has 0 heterocycles. The molecule has 0 aliphatic rings. The Morgan fingerprint density at radius 1 is 1.31 bits per heavy atom. The molecule has 0 atom stereocenters. The van der Waals surface area contributed by atoms with Gasteiger partial charge in [-0.15, -0.1) is 11.8 Å². The van der Waals surface area contributed by atoms with E-state index in [1.165, 1.54) is 12.1 Å². The summed E-state index contributed by atoms with van der Waals surface area (Å²) in [6, 6.07) is 6.18. The van der Waals surface area contributed by atoms with Gasteiger partial charge in [0.2, 0.25) is 0 Å². The van der Waals surface area contributed by atoms with Gasteiger partial charge in [0.05, 0.1) is 21.1 Å². The van der Waals surface area contributed by atoms with E-state index in [1.807, 2.05) is 0 Å². The van der Waals surface area contributed by atoms with Crippen LogP contribution >= 0.6 is 23.4 Å². The molecule has 1 N–H and O–H groups in total. The minimum absolute atomic E-state index is 0.00876. The molecule has 2 rings (SSSR count). The van der Waals surface area contributed by atoms with Gasteiger partial charge < -0.3 is 9.94 Å². The largest absolute Gasteiger partial charge is 0.456 e. The zero-order valence-electron chi connectivity index (χ0n) is 13.0. The lowest BCUT2D eigenvalue weighted by molar-refractivity contribution is -0.385. The summed E-state index contributed by atoms with van der Waals surface area (Å²) in [5.41, 5.74) is -1.26. The Morgan fingerprint density at radius 2 is 2.00 bits per heavy atom. The number of thioether (sulfide) groups is 1. The van der Waals surface area contributed by atoms with Gasteiger partial charge >= 0.3 is 6.18 Å². The van der Waals surface area contributed by atoms with E-state index in [0.29, 0.717) is 6.07 Å². The summed E-state index contributed by atoms with van der Waals surface area (Å²) >= 11 is 6.79. The third-order valence-corrected chi connectivity index (χ3v) is 4.15. The van der Waals surface area contributed by atoms with Crippen LogP contribution in [0.1, 0.15) is 11.1 Å². The van der Waals surface area contributed by atoms with Crippen LogP contribution in [0.4, 0.5) is 18.9 Å². The molecular formula is C15H10ClF3N2O4S. The van der Waals surface area contributed by atoms with Crippen molar-refractivity contribution in [2.24, 2.45) is 5.16 Å². The van der Waals surface area contributed by atoms with E-state index >= 15 is 0 Å². The molecule has 2 aromatic rings. The summed E-state index contributed by atoms with van der Waals surface area (Å²) in [5.74, 6) is 0.00793. The third kappa shape index (κ3) is 4.38. The van der Waals surface area contributed by atoms with Crippen molar-refractivity contribution in [3.63, 3.8) is 0 Å². The Bertz CT molecular complexity index is 874. The highest BCUT2D eigenvalue weighted by molar-refractivity contribution is 8.13. The Morgan fingerprint density at radius 3 is 2.50 bits per heavy atom. The first-order chi connectivity index (χ1) is 12.2. The number of benzene rings is 2. The number of halogens is 4. The fourth-order valence-corrected chi connectivity index (χ4v) is 2.68. The lowest BCUT2D eigenvalue weighted by Gasteiger charge is -2.12. The van der Waals surface area contributed by atoms with Gasteiger partial charge in [-0.2, -0.15) is 13.2 Å². The molecule has 0 saturated carbocycles. The van der Waals surface area contributed by atoms with Crippen LogP contribution in [0.5, 0.6) is 11.5 Å². The van der Waals surface area contributed by atoms with Crippen LogP contribution in [0.25, 0.3) is 0 Å². The predicted molar refractivity (Wildman–Crippen MR) is 91.5 cm³/mol. The topological polar surface area (TPSA) is 85.0 Å². The second-order valence-electron chi connectivity index (χ2n) is 4.79. The normalized spacial score (nSPS) is 12.1. The van der Waals surface area contributed by atoms with Crippen LogP contribution in [0.3, 0.4) is 0 Å². The molecule has 0 radical (unpaired) electrons. The molecule has 0 fully saturated rings. The summed E-state index contributed by atoms with van der Waals surface area (Å²) in [6.45, 7) is 0. The summed E-state index contributed by atoms with van der Waals surface area (Å²) in [6.07, 6.45) is -2.99. The van der Waals surface area contributed by atoms with Gasteiger partial charge in [0.1, 0.15) is 16.5 Å². The molecule has 0 saturated heterocycles. The number of hydrogen-bond acceptors (Lipinski definition) is 6. The first-order valence-electron chi connectivity index (χ1n) is 6.76. The lowest BCUT2D eigenvalue weighted by atomic mass is 10.2. The molecule has 0 unspecified atom stereocenters. The van der Waals surface area contributed by atoms with Crippen LogP contribution in [0.2, 0.25) is 5.02 Å². The minimum Gasteiger partial charge on any atom is -0.456 e. The number of nitrogens with zero attached hydrogens (tertiary/aromatic N) is 2. The van der Waals surface area contributed by atoms with E-state index < -0.39 is 16.7 Å². The number of oxime groups is 1. The van der Waals surface area contributed by atoms with Crippen LogP contribution in [-0.2, 0) is 6.18 Å². The monoisotopic (exact) mass is 406 g/mol. The van der Waals surface area contributed by atoms with E-state index in [-0.39, 0.29) is 32.8 Å². The third-order valence-electron chi connectivity index (χ3n) is 3.17. The Balaban J connectivity index is 2.42. The van der Waals surface area contributed by atoms with E-state index in [9.17, 15) is 23.3 Å². The number of hydrogen-bond donors (Lipinski definition) is 1. The molecule has 0 amide bonds. The first kappa shape index (κ1) is 19.9. The smallest absolute Gasteiger partial charge is 0.416 e. The Hall–Kier alpha value is -2.46. The first-order valence-corrected chi connectivity index (χ1v) is 8.37. The van der Waals surface area contributed by atoms with Crippen molar-refractivity contribution in [3.05, 3.63) is 62.7 Å². The number of nitro groups is 1. The molecule has 6 nitrogen and oxygen atoms in total. The van der Waals surface area contributed by atoms with Crippen molar-refractivity contribution in [3.8, 4) is 11.5 Å². The Kier molecular flexibility index (Phi) is 5.98. The van der Waals surface area contributed by atoms with Gasteiger partial charge in [-0.1, -0.05) is 16.8 Å². The molecule has 26 heavy (non-hydrogen) atoms. The molecule has 0 spiro atoms. The highest BCUT2D eigenvalue weighted by Gasteiger charge is 2.31. The maximum Gasteiger partial charge on any atom is 0.416 e. The zero-order valence-corrected chi connectivity index (χ0v) is 14.5. The van der Waals surface area contributed by atoms with Crippen molar-refractivity contribution in [1.29, 1.82) is 0 Å². The number of nitro benzene ring substituents is 1. The molecule has 2 aromatic carbocycles. The van der Waals surface area contributed by atoms with E-state index in [4.69, 9.17) is 21.5 Å². The lowest BCUT2D eigenvalue weighted by Crippen LogP contribution is -2.04. The van der Waals surface area contributed by atoms with Gasteiger partial charge in [0.25, 0.3) is 5.69 Å². The van der Waals surface area contributed by atoms with Gasteiger partial charge in [0.15, 0.2) is 0 Å². The zero-order chi connectivity index (χ0) is 19.5. The van der Waals surface area contributed by atoms with Gasteiger partial charge in [-0.05, 0) is 36.6 Å². The number of ether oxygens (including phenoxy) is 1. The summed E-state index contributed by atoms with van der Waals surface area (Å²) in [4.78, 5) is 10.4. The second-order valence-corrected chi connectivity index (χ2v) is 5.99. The fraction of sp³-hybridized carbons (Fsp3) is 0.133. The maximum absolute atomic E-state index is 12.7. The average molecular weight is 407 g/mol. The van der Waals surface area contributed by atoms with Crippen LogP contribution in [-0.4, -0.2) is 21.4 Å². The van der Waals surface area contributed by atoms with Gasteiger partial charge in [-0.25, -0.2) is 0 Å². The van der Waals surface area contributed by atoms with Crippen LogP contribution in [0.15, 0.2) is 41.6 Å². The molecule has 11 heteroatoms. The van der Waals surface area contributed by atoms with Crippen molar-refractivity contribution in [2.75, 3.05) is 6.26 Å². The van der Waals surface area contributed by atoms with Crippen molar-refractivity contribution in [1.82, 2.24) is 0 Å². The molecule has 138 valence electrons. The van der Waals surface area contributed by atoms with E-state index in [0.717, 1.165) is 30.0 Å². The van der Waals surface area contributed by atoms with Gasteiger partial charge in [0, 0.05) is 6.07 Å². The summed E-state index contributed by atoms with van der Waals surface area (Å²) < 4.78 is 43.4. The van der Waals surface area contributed by atoms with Crippen molar-refractivity contribution >= 4 is 34.1 Å². The fourth-order valence-electron chi connectivity index (χ4n) is 2.00. The van der Waals surface area contributed by atoms with Crippen molar-refractivity contribution < 1.29 is 28.0 Å². The molecule has 0 bridgehead atoms. The predicted octanol–water partition coefficient (Wildman–Crippen LogP) is 5.56. The summed E-state index contributed by atoms with van der Waals surface area (Å²) in [7, 11) is 0. The molecular weight excluding hydrogens is 397 g/mol. The van der Waals surface area contributed by atoms with E-state index in [2.05, 4.69) is 5.16 Å². The molecule has 0 aliphatic heterocycles. The minimum atomic E-state index is -4.55. The SMILES string of the molecule is CSC(=NO)c1cc(Oc2ccc(C(F)(F)F)cc2Cl)ccc1[N+](=O)[O-]. The highest BCUT2D eigenvalue weighted by atomic mass is 35.5. The van der Waals surface area contributed by atoms with E-state index in [1.54, 1.807) is 6.26 Å². The van der Waals surface area contributed by atoms with Crippen LogP contribution < -0.4 is 4.74 Å². The standard InChI is InChI=1S/C15H10ClF3N2O4S/c1-26-14(20-22)10-7-9(3-4-12(10)21(23)24)25-13-5-2-8(6-11(13)16)15(17,18)19/h2-7,22H,1H3. The Labute approximate surface area is 154 Å². The number of rotatable bonds is 4. The quantitative estimate of drug-likeness (QED) is 0.236. The number of alkyl halides is 3.